The number of nitrogens with zero attached hydrogens (tertiary/aromatic N) is 2. The molecule has 1 aliphatic rings. The Balaban J connectivity index is 0.000000628. The van der Waals surface area contributed by atoms with Gasteiger partial charge in [0.15, 0.2) is 5.82 Å². The number of nitrogens with one attached hydrogen (secondary N) is 2. The molecule has 0 saturated carbocycles. The Morgan fingerprint density at radius 3 is 2.74 bits per heavy atom. The van der Waals surface area contributed by atoms with Gasteiger partial charge in [-0.25, -0.2) is 19.2 Å². The number of nitrogens with two attached hydrogens (primary N) is 1. The van der Waals surface area contributed by atoms with Crippen LogP contribution in [0.3, 0.4) is 0 Å². The number of rotatable bonds is 3. The van der Waals surface area contributed by atoms with E-state index in [1.54, 1.807) is 12.3 Å². The molecule has 0 aliphatic carbocycles. The van der Waals surface area contributed by atoms with Crippen LogP contribution in [0, 0.1) is 12.7 Å². The summed E-state index contributed by atoms with van der Waals surface area (Å²) in [5.41, 5.74) is 8.28. The summed E-state index contributed by atoms with van der Waals surface area (Å²) in [4.78, 5) is 19.1. The van der Waals surface area contributed by atoms with Gasteiger partial charge in [-0.3, -0.25) is 5.32 Å². The zero-order valence-electron chi connectivity index (χ0n) is 17.2. The Morgan fingerprint density at radius 2 is 2.06 bits per heavy atom. The number of hydrogen-bond donors (Lipinski definition) is 5. The molecule has 3 aromatic rings. The van der Waals surface area contributed by atoms with Crippen LogP contribution in [0.25, 0.3) is 21.9 Å². The van der Waals surface area contributed by atoms with Gasteiger partial charge in [-0.05, 0) is 36.4 Å². The van der Waals surface area contributed by atoms with Gasteiger partial charge in [-0.2, -0.15) is 0 Å². The van der Waals surface area contributed by atoms with Crippen LogP contribution in [-0.2, 0) is 0 Å². The topological polar surface area (TPSA) is 143 Å². The minimum absolute atomic E-state index is 0.0572. The van der Waals surface area contributed by atoms with E-state index in [4.69, 9.17) is 20.7 Å². The van der Waals surface area contributed by atoms with Gasteiger partial charge in [0.25, 0.3) is 0 Å². The highest BCUT2D eigenvalue weighted by Gasteiger charge is 2.21. The second-order valence-corrected chi connectivity index (χ2v) is 6.85. The number of hydrogen-bond acceptors (Lipinski definition) is 7. The van der Waals surface area contributed by atoms with E-state index in [0.29, 0.717) is 42.0 Å². The van der Waals surface area contributed by atoms with Gasteiger partial charge >= 0.3 is 6.09 Å². The van der Waals surface area contributed by atoms with Crippen LogP contribution in [0.15, 0.2) is 24.5 Å². The van der Waals surface area contributed by atoms with Gasteiger partial charge in [-0.15, -0.1) is 0 Å². The fraction of sp³-hybridized carbons (Fsp3) is 0.286. The summed E-state index contributed by atoms with van der Waals surface area (Å²) in [6.07, 6.45) is 2.52. The van der Waals surface area contributed by atoms with Crippen LogP contribution >= 0.6 is 0 Å². The van der Waals surface area contributed by atoms with Crippen molar-refractivity contribution in [1.29, 1.82) is 0 Å². The minimum Gasteiger partial charge on any atom is -0.474 e. The smallest absolute Gasteiger partial charge is 0.410 e. The lowest BCUT2D eigenvalue weighted by Gasteiger charge is -2.22. The number of nitrogen functional groups attached to an aromatic ring is 1. The number of pyridine rings is 2. The van der Waals surface area contributed by atoms with Gasteiger partial charge in [0.05, 0.1) is 5.69 Å². The van der Waals surface area contributed by atoms with E-state index in [1.807, 2.05) is 13.8 Å². The second-order valence-electron chi connectivity index (χ2n) is 6.85. The minimum atomic E-state index is -1.24. The zero-order valence-corrected chi connectivity index (χ0v) is 17.2. The highest BCUT2D eigenvalue weighted by atomic mass is 19.1. The molecule has 9 nitrogen and oxygen atoms in total. The first-order chi connectivity index (χ1) is 14.9. The third-order valence-electron chi connectivity index (χ3n) is 4.69. The summed E-state index contributed by atoms with van der Waals surface area (Å²) < 4.78 is 20.5. The molecule has 0 bridgehead atoms. The van der Waals surface area contributed by atoms with Crippen LogP contribution in [0.2, 0.25) is 0 Å². The Hall–Kier alpha value is -3.66. The lowest BCUT2D eigenvalue weighted by molar-refractivity contribution is 0.209. The SMILES string of the molecule is CCCO.Cc1c(-c2cc3cc(NC(=O)O)ncc3c(N)c2F)cnc2c1NCCO2. The van der Waals surface area contributed by atoms with Crippen molar-refractivity contribution in [1.82, 2.24) is 9.97 Å². The molecule has 0 unspecified atom stereocenters. The number of fused-ring (bicyclic) bond motifs is 2. The molecule has 1 aromatic carbocycles. The first kappa shape index (κ1) is 22.0. The van der Waals surface area contributed by atoms with Crippen molar-refractivity contribution in [3.8, 4) is 17.0 Å². The summed E-state index contributed by atoms with van der Waals surface area (Å²) >= 11 is 0. The molecule has 3 heterocycles. The van der Waals surface area contributed by atoms with Gasteiger partial charge in [0.1, 0.15) is 18.1 Å². The van der Waals surface area contributed by atoms with Crippen LogP contribution in [0.1, 0.15) is 18.9 Å². The molecule has 0 atom stereocenters. The van der Waals surface area contributed by atoms with Crippen molar-refractivity contribution >= 4 is 34.1 Å². The van der Waals surface area contributed by atoms with E-state index >= 15 is 0 Å². The lowest BCUT2D eigenvalue weighted by Crippen LogP contribution is -2.20. The predicted octanol–water partition coefficient (Wildman–Crippen LogP) is 3.61. The first-order valence-corrected chi connectivity index (χ1v) is 9.72. The maximum atomic E-state index is 15.0. The van der Waals surface area contributed by atoms with E-state index in [2.05, 4.69) is 20.6 Å². The predicted molar refractivity (Wildman–Crippen MR) is 117 cm³/mol. The normalized spacial score (nSPS) is 12.1. The van der Waals surface area contributed by atoms with Crippen molar-refractivity contribution in [3.05, 3.63) is 35.9 Å². The number of carboxylic acid groups (broad SMARTS) is 1. The highest BCUT2D eigenvalue weighted by molar-refractivity contribution is 5.99. The molecular weight excluding hydrogens is 405 g/mol. The van der Waals surface area contributed by atoms with Crippen LogP contribution in [0.4, 0.5) is 26.4 Å². The first-order valence-electron chi connectivity index (χ1n) is 9.72. The fourth-order valence-electron chi connectivity index (χ4n) is 3.16. The maximum Gasteiger partial charge on any atom is 0.410 e. The van der Waals surface area contributed by atoms with Crippen LogP contribution in [-0.4, -0.2) is 46.0 Å². The number of aromatic nitrogens is 2. The third-order valence-corrected chi connectivity index (χ3v) is 4.69. The van der Waals surface area contributed by atoms with Crippen molar-refractivity contribution in [3.63, 3.8) is 0 Å². The molecule has 4 rings (SSSR count). The van der Waals surface area contributed by atoms with Gasteiger partial charge in [0.2, 0.25) is 5.88 Å². The van der Waals surface area contributed by atoms with Crippen LogP contribution in [0.5, 0.6) is 5.88 Å². The number of halogens is 1. The van der Waals surface area contributed by atoms with Crippen LogP contribution < -0.4 is 21.1 Å². The summed E-state index contributed by atoms with van der Waals surface area (Å²) in [6, 6.07) is 3.11. The Kier molecular flexibility index (Phi) is 6.71. The number of carbonyl (C=O) groups is 1. The molecule has 1 amide bonds. The van der Waals surface area contributed by atoms with E-state index in [1.165, 1.54) is 12.3 Å². The summed E-state index contributed by atoms with van der Waals surface area (Å²) in [5.74, 6) is 0.0287. The standard InChI is InChI=1S/C18H16FN5O3.C3H8O/c1-8-11(6-23-17-16(8)21-2-3-27-17)10-4-9-5-13(24-18(25)26)22-7-12(9)15(20)14(10)19;1-2-3-4/h4-7,21H,2-3,20H2,1H3,(H,22,24)(H,25,26);4H,2-3H2,1H3. The number of anilines is 3. The average molecular weight is 429 g/mol. The van der Waals surface area contributed by atoms with E-state index < -0.39 is 11.9 Å². The molecular formula is C21H24FN5O4. The summed E-state index contributed by atoms with van der Waals surface area (Å²) in [5, 5.41) is 23.1. The van der Waals surface area contributed by atoms with Crippen molar-refractivity contribution in [2.75, 3.05) is 36.1 Å². The van der Waals surface area contributed by atoms with Crippen molar-refractivity contribution in [2.24, 2.45) is 0 Å². The highest BCUT2D eigenvalue weighted by Crippen LogP contribution is 2.39. The van der Waals surface area contributed by atoms with E-state index in [-0.39, 0.29) is 17.1 Å². The monoisotopic (exact) mass is 429 g/mol. The van der Waals surface area contributed by atoms with Crippen molar-refractivity contribution in [2.45, 2.75) is 20.3 Å². The lowest BCUT2D eigenvalue weighted by atomic mass is 9.97. The van der Waals surface area contributed by atoms with Gasteiger partial charge in [0, 0.05) is 42.1 Å². The Bertz CT molecular complexity index is 1120. The molecule has 1 aliphatic heterocycles. The quantitative estimate of drug-likeness (QED) is 0.397. The van der Waals surface area contributed by atoms with E-state index in [0.717, 1.165) is 17.7 Å². The molecule has 6 N–H and O–H groups in total. The number of amides is 1. The van der Waals surface area contributed by atoms with Gasteiger partial charge in [-0.1, -0.05) is 6.92 Å². The number of ether oxygens (including phenoxy) is 1. The van der Waals surface area contributed by atoms with Crippen molar-refractivity contribution < 1.29 is 24.1 Å². The summed E-state index contributed by atoms with van der Waals surface area (Å²) in [7, 11) is 0. The maximum absolute atomic E-state index is 15.0. The summed E-state index contributed by atoms with van der Waals surface area (Å²) in [6.45, 7) is 5.25. The van der Waals surface area contributed by atoms with E-state index in [9.17, 15) is 9.18 Å². The molecule has 2 aromatic heterocycles. The average Bonchev–Trinajstić information content (AvgIpc) is 2.76. The molecule has 0 saturated heterocycles. The molecule has 0 spiro atoms. The number of aliphatic hydroxyl groups is 1. The largest absolute Gasteiger partial charge is 0.474 e. The zero-order chi connectivity index (χ0) is 22.5. The molecule has 31 heavy (non-hydrogen) atoms. The number of aliphatic hydroxyl groups excluding tert-OH is 1. The fourth-order valence-corrected chi connectivity index (χ4v) is 3.16. The Morgan fingerprint density at radius 1 is 1.32 bits per heavy atom. The molecule has 10 heteroatoms. The van der Waals surface area contributed by atoms with Gasteiger partial charge < -0.3 is 26.0 Å². The third kappa shape index (κ3) is 4.58. The Labute approximate surface area is 178 Å². The molecule has 0 fully saturated rings. The molecule has 0 radical (unpaired) electrons. The second kappa shape index (κ2) is 9.43. The number of benzene rings is 1. The molecule has 164 valence electrons.